The van der Waals surface area contributed by atoms with Crippen LogP contribution in [0.2, 0.25) is 0 Å². The van der Waals surface area contributed by atoms with E-state index in [1.807, 2.05) is 7.05 Å². The van der Waals surface area contributed by atoms with E-state index < -0.39 is 0 Å². The molecule has 0 aromatic rings. The van der Waals surface area contributed by atoms with Gasteiger partial charge in [0.05, 0.1) is 19.9 Å². The SMILES string of the molecule is C=NNCNC(CC)N(C)OC. The van der Waals surface area contributed by atoms with Crippen LogP contribution in [-0.4, -0.2) is 38.8 Å². The quantitative estimate of drug-likeness (QED) is 0.246. The number of hydrogen-bond acceptors (Lipinski definition) is 5. The summed E-state index contributed by atoms with van der Waals surface area (Å²) < 4.78 is 0. The smallest absolute Gasteiger partial charge is 0.0851 e. The zero-order valence-corrected chi connectivity index (χ0v) is 8.00. The Kier molecular flexibility index (Phi) is 6.64. The summed E-state index contributed by atoms with van der Waals surface area (Å²) in [5.74, 6) is 0. The van der Waals surface area contributed by atoms with Crippen LogP contribution in [0.3, 0.4) is 0 Å². The minimum Gasteiger partial charge on any atom is -0.301 e. The molecule has 0 aromatic carbocycles. The van der Waals surface area contributed by atoms with Gasteiger partial charge < -0.3 is 4.84 Å². The first-order valence-electron chi connectivity index (χ1n) is 3.95. The van der Waals surface area contributed by atoms with Crippen LogP contribution >= 0.6 is 0 Å². The van der Waals surface area contributed by atoms with E-state index in [9.17, 15) is 0 Å². The fourth-order valence-electron chi connectivity index (χ4n) is 0.877. The fourth-order valence-corrected chi connectivity index (χ4v) is 0.877. The summed E-state index contributed by atoms with van der Waals surface area (Å²) >= 11 is 0. The van der Waals surface area contributed by atoms with E-state index in [1.54, 1.807) is 12.2 Å². The zero-order valence-electron chi connectivity index (χ0n) is 8.00. The van der Waals surface area contributed by atoms with Gasteiger partial charge in [-0.3, -0.25) is 10.7 Å². The number of hydrazone groups is 1. The van der Waals surface area contributed by atoms with Gasteiger partial charge in [-0.25, -0.2) is 0 Å². The lowest BCUT2D eigenvalue weighted by atomic mass is 10.4. The van der Waals surface area contributed by atoms with Gasteiger partial charge in [-0.15, -0.1) is 0 Å². The first-order chi connectivity index (χ1) is 5.76. The van der Waals surface area contributed by atoms with Gasteiger partial charge in [0.1, 0.15) is 0 Å². The van der Waals surface area contributed by atoms with Gasteiger partial charge in [-0.2, -0.15) is 10.2 Å². The predicted octanol–water partition coefficient (Wildman–Crippen LogP) is -0.0320. The summed E-state index contributed by atoms with van der Waals surface area (Å²) in [4.78, 5) is 5.03. The Morgan fingerprint density at radius 1 is 1.67 bits per heavy atom. The van der Waals surface area contributed by atoms with E-state index >= 15 is 0 Å². The van der Waals surface area contributed by atoms with Crippen LogP contribution in [-0.2, 0) is 4.84 Å². The van der Waals surface area contributed by atoms with Crippen molar-refractivity contribution in [2.45, 2.75) is 19.5 Å². The van der Waals surface area contributed by atoms with E-state index in [2.05, 4.69) is 29.5 Å². The van der Waals surface area contributed by atoms with Crippen LogP contribution in [0.25, 0.3) is 0 Å². The van der Waals surface area contributed by atoms with Crippen molar-refractivity contribution in [3.63, 3.8) is 0 Å². The minimum atomic E-state index is 0.198. The highest BCUT2D eigenvalue weighted by molar-refractivity contribution is 5.22. The van der Waals surface area contributed by atoms with Gasteiger partial charge in [0, 0.05) is 13.8 Å². The summed E-state index contributed by atoms with van der Waals surface area (Å²) in [6, 6.07) is 0. The Hall–Kier alpha value is -0.650. The first-order valence-corrected chi connectivity index (χ1v) is 3.95. The number of nitrogens with zero attached hydrogens (tertiary/aromatic N) is 2. The summed E-state index contributed by atoms with van der Waals surface area (Å²) in [6.45, 7) is 5.97. The number of nitrogens with one attached hydrogen (secondary N) is 2. The molecule has 0 aliphatic rings. The summed E-state index contributed by atoms with van der Waals surface area (Å²) in [7, 11) is 3.52. The third-order valence-corrected chi connectivity index (χ3v) is 1.64. The highest BCUT2D eigenvalue weighted by Gasteiger charge is 2.09. The highest BCUT2D eigenvalue weighted by atomic mass is 16.7. The first kappa shape index (κ1) is 11.4. The van der Waals surface area contributed by atoms with Gasteiger partial charge in [-0.05, 0) is 6.42 Å². The molecule has 72 valence electrons. The molecule has 0 aliphatic heterocycles. The van der Waals surface area contributed by atoms with Crippen molar-refractivity contribution in [2.75, 3.05) is 20.8 Å². The number of rotatable bonds is 7. The Bertz CT molecular complexity index is 120. The second-order valence-corrected chi connectivity index (χ2v) is 2.35. The van der Waals surface area contributed by atoms with Crippen LogP contribution in [0.5, 0.6) is 0 Å². The lowest BCUT2D eigenvalue weighted by Gasteiger charge is -2.25. The van der Waals surface area contributed by atoms with Crippen LogP contribution in [0.15, 0.2) is 5.10 Å². The number of hydroxylamine groups is 2. The van der Waals surface area contributed by atoms with Crippen molar-refractivity contribution >= 4 is 6.72 Å². The van der Waals surface area contributed by atoms with E-state index in [1.165, 1.54) is 0 Å². The molecule has 0 aliphatic carbocycles. The van der Waals surface area contributed by atoms with Crippen LogP contribution in [0.4, 0.5) is 0 Å². The maximum Gasteiger partial charge on any atom is 0.0851 e. The van der Waals surface area contributed by atoms with Crippen LogP contribution in [0, 0.1) is 0 Å². The Morgan fingerprint density at radius 3 is 2.75 bits per heavy atom. The van der Waals surface area contributed by atoms with Crippen molar-refractivity contribution in [1.29, 1.82) is 0 Å². The molecule has 0 amide bonds. The molecular formula is C7H18N4O. The van der Waals surface area contributed by atoms with E-state index in [-0.39, 0.29) is 6.17 Å². The summed E-state index contributed by atoms with van der Waals surface area (Å²) in [6.07, 6.45) is 1.16. The zero-order chi connectivity index (χ0) is 9.40. The molecular weight excluding hydrogens is 156 g/mol. The summed E-state index contributed by atoms with van der Waals surface area (Å²) in [5, 5.41) is 8.44. The van der Waals surface area contributed by atoms with Crippen molar-refractivity contribution in [3.05, 3.63) is 0 Å². The largest absolute Gasteiger partial charge is 0.301 e. The van der Waals surface area contributed by atoms with Gasteiger partial charge in [0.2, 0.25) is 0 Å². The van der Waals surface area contributed by atoms with Gasteiger partial charge >= 0.3 is 0 Å². The van der Waals surface area contributed by atoms with Gasteiger partial charge in [0.15, 0.2) is 0 Å². The number of hydrogen-bond donors (Lipinski definition) is 2. The highest BCUT2D eigenvalue weighted by Crippen LogP contribution is 1.95. The topological polar surface area (TPSA) is 48.9 Å². The lowest BCUT2D eigenvalue weighted by Crippen LogP contribution is -2.45. The normalized spacial score (nSPS) is 13.0. The van der Waals surface area contributed by atoms with Crippen molar-refractivity contribution in [1.82, 2.24) is 15.8 Å². The van der Waals surface area contributed by atoms with E-state index in [0.717, 1.165) is 6.42 Å². The minimum absolute atomic E-state index is 0.198. The molecule has 0 saturated heterocycles. The molecule has 0 bridgehead atoms. The van der Waals surface area contributed by atoms with Crippen molar-refractivity contribution in [2.24, 2.45) is 5.10 Å². The molecule has 1 atom stereocenters. The van der Waals surface area contributed by atoms with Crippen molar-refractivity contribution < 1.29 is 4.84 Å². The van der Waals surface area contributed by atoms with Crippen molar-refractivity contribution in [3.8, 4) is 0 Å². The molecule has 0 spiro atoms. The second-order valence-electron chi connectivity index (χ2n) is 2.35. The second kappa shape index (κ2) is 7.02. The third-order valence-electron chi connectivity index (χ3n) is 1.64. The fraction of sp³-hybridized carbons (Fsp3) is 0.857. The Balaban J connectivity index is 3.58. The average molecular weight is 174 g/mol. The molecule has 12 heavy (non-hydrogen) atoms. The molecule has 0 aromatic heterocycles. The molecule has 5 nitrogen and oxygen atoms in total. The third kappa shape index (κ3) is 4.27. The molecule has 0 fully saturated rings. The predicted molar refractivity (Wildman–Crippen MR) is 49.5 cm³/mol. The lowest BCUT2D eigenvalue weighted by molar-refractivity contribution is -0.149. The Labute approximate surface area is 73.7 Å². The molecule has 0 radical (unpaired) electrons. The van der Waals surface area contributed by atoms with Crippen LogP contribution < -0.4 is 10.7 Å². The molecule has 0 rings (SSSR count). The van der Waals surface area contributed by atoms with Crippen LogP contribution in [0.1, 0.15) is 13.3 Å². The monoisotopic (exact) mass is 174 g/mol. The van der Waals surface area contributed by atoms with E-state index in [0.29, 0.717) is 6.67 Å². The maximum atomic E-state index is 5.03. The Morgan fingerprint density at radius 2 is 2.33 bits per heavy atom. The maximum absolute atomic E-state index is 5.03. The van der Waals surface area contributed by atoms with Gasteiger partial charge in [-0.1, -0.05) is 6.92 Å². The van der Waals surface area contributed by atoms with Gasteiger partial charge in [0.25, 0.3) is 0 Å². The molecule has 0 saturated carbocycles. The average Bonchev–Trinajstić information content (AvgIpc) is 2.11. The molecule has 1 unspecified atom stereocenters. The summed E-state index contributed by atoms with van der Waals surface area (Å²) in [5.41, 5.74) is 2.71. The molecule has 2 N–H and O–H groups in total. The standard InChI is InChI=1S/C7H18N4O/c1-5-7(11(3)12-4)9-6-10-8-2/h7,9-10H,2,5-6H2,1,3-4H3. The molecule has 0 heterocycles. The molecule has 5 heteroatoms. The van der Waals surface area contributed by atoms with E-state index in [4.69, 9.17) is 4.84 Å².